The Bertz CT molecular complexity index is 570. The third-order valence-corrected chi connectivity index (χ3v) is 3.24. The standard InChI is InChI=1S/C13H13BrN2O/c1-7-11(8(2)17)12(15)13(16-7)9-3-5-10(14)6-4-9/h3-6,16H,15H2,1-2H3. The van der Waals surface area contributed by atoms with E-state index in [2.05, 4.69) is 20.9 Å². The molecule has 1 aromatic heterocycles. The summed E-state index contributed by atoms with van der Waals surface area (Å²) in [6, 6.07) is 7.79. The molecular formula is C13H13BrN2O. The van der Waals surface area contributed by atoms with Gasteiger partial charge in [0.05, 0.1) is 16.9 Å². The van der Waals surface area contributed by atoms with Crippen molar-refractivity contribution >= 4 is 27.4 Å². The van der Waals surface area contributed by atoms with Gasteiger partial charge in [0.15, 0.2) is 5.78 Å². The number of nitrogen functional groups attached to an aromatic ring is 1. The Morgan fingerprint density at radius 3 is 2.35 bits per heavy atom. The van der Waals surface area contributed by atoms with E-state index < -0.39 is 0 Å². The first-order valence-corrected chi connectivity index (χ1v) is 6.05. The summed E-state index contributed by atoms with van der Waals surface area (Å²) >= 11 is 3.38. The van der Waals surface area contributed by atoms with Gasteiger partial charge in [-0.3, -0.25) is 4.79 Å². The number of carbonyl (C=O) groups is 1. The second-order valence-electron chi connectivity index (χ2n) is 3.98. The van der Waals surface area contributed by atoms with Gasteiger partial charge in [0.1, 0.15) is 0 Å². The number of halogens is 1. The number of nitrogens with two attached hydrogens (primary N) is 1. The average molecular weight is 293 g/mol. The van der Waals surface area contributed by atoms with Crippen LogP contribution in [0.15, 0.2) is 28.7 Å². The van der Waals surface area contributed by atoms with Crippen LogP contribution in [0.4, 0.5) is 5.69 Å². The average Bonchev–Trinajstić information content (AvgIpc) is 2.55. The summed E-state index contributed by atoms with van der Waals surface area (Å²) in [5.74, 6) is -0.0142. The van der Waals surface area contributed by atoms with E-state index in [0.717, 1.165) is 21.4 Å². The van der Waals surface area contributed by atoms with Crippen molar-refractivity contribution in [1.29, 1.82) is 0 Å². The summed E-state index contributed by atoms with van der Waals surface area (Å²) in [4.78, 5) is 14.6. The first-order chi connectivity index (χ1) is 8.00. The first-order valence-electron chi connectivity index (χ1n) is 5.25. The molecule has 3 nitrogen and oxygen atoms in total. The number of Topliss-reactive ketones (excluding diaryl/α,β-unsaturated/α-hetero) is 1. The molecular weight excluding hydrogens is 280 g/mol. The number of rotatable bonds is 2. The number of aromatic amines is 1. The van der Waals surface area contributed by atoms with E-state index in [1.807, 2.05) is 31.2 Å². The second kappa shape index (κ2) is 4.37. The van der Waals surface area contributed by atoms with Crippen LogP contribution in [0.25, 0.3) is 11.3 Å². The lowest BCUT2D eigenvalue weighted by molar-refractivity contribution is 0.101. The predicted molar refractivity (Wildman–Crippen MR) is 73.1 cm³/mol. The molecule has 0 radical (unpaired) electrons. The van der Waals surface area contributed by atoms with Crippen LogP contribution < -0.4 is 5.73 Å². The van der Waals surface area contributed by atoms with Crippen LogP contribution in [-0.4, -0.2) is 10.8 Å². The van der Waals surface area contributed by atoms with Crippen molar-refractivity contribution in [3.63, 3.8) is 0 Å². The van der Waals surface area contributed by atoms with Crippen molar-refractivity contribution in [3.8, 4) is 11.3 Å². The maximum absolute atomic E-state index is 11.5. The summed E-state index contributed by atoms with van der Waals surface area (Å²) in [6.45, 7) is 3.38. The highest BCUT2D eigenvalue weighted by atomic mass is 79.9. The van der Waals surface area contributed by atoms with Crippen molar-refractivity contribution in [3.05, 3.63) is 40.0 Å². The number of aryl methyl sites for hydroxylation is 1. The Balaban J connectivity index is 2.57. The molecule has 1 aromatic carbocycles. The van der Waals surface area contributed by atoms with Crippen LogP contribution in [-0.2, 0) is 0 Å². The third-order valence-electron chi connectivity index (χ3n) is 2.71. The van der Waals surface area contributed by atoms with E-state index in [0.29, 0.717) is 11.3 Å². The molecule has 0 fully saturated rings. The number of hydrogen-bond donors (Lipinski definition) is 2. The van der Waals surface area contributed by atoms with Gasteiger partial charge in [-0.2, -0.15) is 0 Å². The van der Waals surface area contributed by atoms with Gasteiger partial charge >= 0.3 is 0 Å². The van der Waals surface area contributed by atoms with Gasteiger partial charge in [-0.1, -0.05) is 28.1 Å². The summed E-state index contributed by atoms with van der Waals surface area (Å²) in [6.07, 6.45) is 0. The summed E-state index contributed by atoms with van der Waals surface area (Å²) in [5.41, 5.74) is 9.71. The molecule has 0 aliphatic carbocycles. The van der Waals surface area contributed by atoms with Gasteiger partial charge < -0.3 is 10.7 Å². The molecule has 3 N–H and O–H groups in total. The monoisotopic (exact) mass is 292 g/mol. The lowest BCUT2D eigenvalue weighted by Crippen LogP contribution is -1.98. The smallest absolute Gasteiger partial charge is 0.163 e. The number of H-pyrrole nitrogens is 1. The van der Waals surface area contributed by atoms with Gasteiger partial charge in [0.2, 0.25) is 0 Å². The molecule has 0 saturated heterocycles. The van der Waals surface area contributed by atoms with Gasteiger partial charge in [0.25, 0.3) is 0 Å². The Kier molecular flexibility index (Phi) is 3.07. The molecule has 0 atom stereocenters. The molecule has 88 valence electrons. The number of benzene rings is 1. The van der Waals surface area contributed by atoms with Crippen molar-refractivity contribution in [2.24, 2.45) is 0 Å². The van der Waals surface area contributed by atoms with E-state index in [-0.39, 0.29) is 5.78 Å². The molecule has 2 aromatic rings. The first kappa shape index (κ1) is 11.9. The Morgan fingerprint density at radius 1 is 1.29 bits per heavy atom. The topological polar surface area (TPSA) is 58.9 Å². The van der Waals surface area contributed by atoms with Crippen molar-refractivity contribution in [2.75, 3.05) is 5.73 Å². The van der Waals surface area contributed by atoms with Crippen molar-refractivity contribution in [2.45, 2.75) is 13.8 Å². The molecule has 17 heavy (non-hydrogen) atoms. The molecule has 0 aliphatic heterocycles. The van der Waals surface area contributed by atoms with Crippen molar-refractivity contribution < 1.29 is 4.79 Å². The number of ketones is 1. The fourth-order valence-electron chi connectivity index (χ4n) is 1.94. The zero-order valence-corrected chi connectivity index (χ0v) is 11.3. The van der Waals surface area contributed by atoms with Crippen LogP contribution in [0, 0.1) is 6.92 Å². The highest BCUT2D eigenvalue weighted by Gasteiger charge is 2.16. The Labute approximate surface area is 108 Å². The maximum Gasteiger partial charge on any atom is 0.163 e. The molecule has 0 unspecified atom stereocenters. The van der Waals surface area contributed by atoms with E-state index in [1.165, 1.54) is 6.92 Å². The van der Waals surface area contributed by atoms with E-state index in [1.54, 1.807) is 0 Å². The van der Waals surface area contributed by atoms with Crippen LogP contribution >= 0.6 is 15.9 Å². The number of nitrogens with one attached hydrogen (secondary N) is 1. The largest absolute Gasteiger partial charge is 0.396 e. The number of hydrogen-bond acceptors (Lipinski definition) is 2. The minimum absolute atomic E-state index is 0.0142. The van der Waals surface area contributed by atoms with E-state index in [9.17, 15) is 4.79 Å². The lowest BCUT2D eigenvalue weighted by Gasteiger charge is -2.01. The van der Waals surface area contributed by atoms with Crippen molar-refractivity contribution in [1.82, 2.24) is 4.98 Å². The zero-order chi connectivity index (χ0) is 12.6. The summed E-state index contributed by atoms with van der Waals surface area (Å²) in [7, 11) is 0. The van der Waals surface area contributed by atoms with Crippen LogP contribution in [0.2, 0.25) is 0 Å². The number of carbonyl (C=O) groups excluding carboxylic acids is 1. The predicted octanol–water partition coefficient (Wildman–Crippen LogP) is 3.54. The minimum Gasteiger partial charge on any atom is -0.396 e. The fraction of sp³-hybridized carbons (Fsp3) is 0.154. The van der Waals surface area contributed by atoms with E-state index >= 15 is 0 Å². The molecule has 1 heterocycles. The highest BCUT2D eigenvalue weighted by Crippen LogP contribution is 2.31. The van der Waals surface area contributed by atoms with Gasteiger partial charge in [-0.15, -0.1) is 0 Å². The fourth-order valence-corrected chi connectivity index (χ4v) is 2.21. The molecule has 0 bridgehead atoms. The Hall–Kier alpha value is -1.55. The van der Waals surface area contributed by atoms with Gasteiger partial charge in [-0.25, -0.2) is 0 Å². The maximum atomic E-state index is 11.5. The zero-order valence-electron chi connectivity index (χ0n) is 9.67. The molecule has 0 amide bonds. The molecule has 4 heteroatoms. The quantitative estimate of drug-likeness (QED) is 0.832. The highest BCUT2D eigenvalue weighted by molar-refractivity contribution is 9.10. The summed E-state index contributed by atoms with van der Waals surface area (Å²) < 4.78 is 1.01. The second-order valence-corrected chi connectivity index (χ2v) is 4.89. The normalized spacial score (nSPS) is 10.5. The van der Waals surface area contributed by atoms with E-state index in [4.69, 9.17) is 5.73 Å². The van der Waals surface area contributed by atoms with Gasteiger partial charge in [0, 0.05) is 15.7 Å². The number of anilines is 1. The van der Waals surface area contributed by atoms with Crippen LogP contribution in [0.3, 0.4) is 0 Å². The third kappa shape index (κ3) is 2.13. The molecule has 2 rings (SSSR count). The Morgan fingerprint density at radius 2 is 1.88 bits per heavy atom. The molecule has 0 spiro atoms. The minimum atomic E-state index is -0.0142. The van der Waals surface area contributed by atoms with Crippen LogP contribution in [0.1, 0.15) is 23.0 Å². The molecule has 0 aliphatic rings. The SMILES string of the molecule is CC(=O)c1c(C)[nH]c(-c2ccc(Br)cc2)c1N. The van der Waals surface area contributed by atoms with Crippen LogP contribution in [0.5, 0.6) is 0 Å². The number of aromatic nitrogens is 1. The molecule has 0 saturated carbocycles. The van der Waals surface area contributed by atoms with Gasteiger partial charge in [-0.05, 0) is 26.0 Å². The summed E-state index contributed by atoms with van der Waals surface area (Å²) in [5, 5.41) is 0. The lowest BCUT2D eigenvalue weighted by atomic mass is 10.1.